The van der Waals surface area contributed by atoms with Gasteiger partial charge in [-0.15, -0.1) is 0 Å². The van der Waals surface area contributed by atoms with Gasteiger partial charge in [0.1, 0.15) is 5.75 Å². The third kappa shape index (κ3) is 5.58. The molecule has 0 unspecified atom stereocenters. The second-order valence-electron chi connectivity index (χ2n) is 6.19. The maximum Gasteiger partial charge on any atom is 0.277 e. The van der Waals surface area contributed by atoms with Crippen molar-refractivity contribution in [1.82, 2.24) is 10.3 Å². The Morgan fingerprint density at radius 1 is 1.08 bits per heavy atom. The minimum atomic E-state index is -0.288. The van der Waals surface area contributed by atoms with Gasteiger partial charge >= 0.3 is 0 Å². The van der Waals surface area contributed by atoms with Gasteiger partial charge in [0.15, 0.2) is 6.61 Å². The van der Waals surface area contributed by atoms with Crippen molar-refractivity contribution in [2.24, 2.45) is 5.10 Å². The number of carbonyl (C=O) groups excluding carboxylic acids is 1. The number of nitrogens with one attached hydrogen (secondary N) is 1. The van der Waals surface area contributed by atoms with Gasteiger partial charge in [0.05, 0.1) is 5.02 Å². The highest BCUT2D eigenvalue weighted by Gasteiger charge is 2.15. The standard InChI is InChI=1S/C20H22ClN3O2/c21-18-8-4-5-9-19(18)26-15-20(25)23-22-17-10-12-24(13-11-17)14-16-6-2-1-3-7-16/h1-9H,10-15H2,(H,23,25). The predicted molar refractivity (Wildman–Crippen MR) is 103 cm³/mol. The zero-order valence-corrected chi connectivity index (χ0v) is 15.3. The number of hydrazone groups is 1. The number of amides is 1. The first-order valence-electron chi connectivity index (χ1n) is 8.68. The molecule has 6 heteroatoms. The lowest BCUT2D eigenvalue weighted by molar-refractivity contribution is -0.123. The minimum Gasteiger partial charge on any atom is -0.482 e. The van der Waals surface area contributed by atoms with Crippen LogP contribution in [0.3, 0.4) is 0 Å². The largest absolute Gasteiger partial charge is 0.482 e. The smallest absolute Gasteiger partial charge is 0.277 e. The molecule has 1 fully saturated rings. The molecule has 0 spiro atoms. The molecular weight excluding hydrogens is 350 g/mol. The SMILES string of the molecule is O=C(COc1ccccc1Cl)NN=C1CCN(Cc2ccccc2)CC1. The van der Waals surface area contributed by atoms with Crippen LogP contribution in [0, 0.1) is 0 Å². The number of rotatable bonds is 6. The molecule has 1 heterocycles. The number of para-hydroxylation sites is 1. The van der Waals surface area contributed by atoms with Crippen molar-refractivity contribution in [3.63, 3.8) is 0 Å². The van der Waals surface area contributed by atoms with E-state index >= 15 is 0 Å². The molecule has 0 radical (unpaired) electrons. The average molecular weight is 372 g/mol. The maximum atomic E-state index is 11.9. The monoisotopic (exact) mass is 371 g/mol. The van der Waals surface area contributed by atoms with Gasteiger partial charge in [-0.2, -0.15) is 5.10 Å². The summed E-state index contributed by atoms with van der Waals surface area (Å²) < 4.78 is 5.40. The van der Waals surface area contributed by atoms with E-state index in [1.807, 2.05) is 18.2 Å². The van der Waals surface area contributed by atoms with Gasteiger partial charge in [-0.05, 0) is 17.7 Å². The third-order valence-corrected chi connectivity index (χ3v) is 4.53. The molecule has 3 rings (SSSR count). The Kier molecular flexibility index (Phi) is 6.63. The third-order valence-electron chi connectivity index (χ3n) is 4.22. The lowest BCUT2D eigenvalue weighted by Gasteiger charge is -2.27. The van der Waals surface area contributed by atoms with Crippen molar-refractivity contribution in [3.05, 3.63) is 65.2 Å². The summed E-state index contributed by atoms with van der Waals surface area (Å²) in [4.78, 5) is 14.3. The zero-order valence-electron chi connectivity index (χ0n) is 14.5. The molecule has 0 atom stereocenters. The van der Waals surface area contributed by atoms with Crippen molar-refractivity contribution in [2.45, 2.75) is 19.4 Å². The minimum absolute atomic E-state index is 0.110. The predicted octanol–water partition coefficient (Wildman–Crippen LogP) is 3.49. The van der Waals surface area contributed by atoms with Crippen LogP contribution < -0.4 is 10.2 Å². The Morgan fingerprint density at radius 2 is 1.77 bits per heavy atom. The molecule has 2 aromatic carbocycles. The summed E-state index contributed by atoms with van der Waals surface area (Å²) in [6.45, 7) is 2.73. The van der Waals surface area contributed by atoms with Crippen LogP contribution in [0.15, 0.2) is 59.7 Å². The highest BCUT2D eigenvalue weighted by Crippen LogP contribution is 2.22. The topological polar surface area (TPSA) is 53.9 Å². The second-order valence-corrected chi connectivity index (χ2v) is 6.60. The lowest BCUT2D eigenvalue weighted by atomic mass is 10.1. The first-order valence-corrected chi connectivity index (χ1v) is 9.06. The summed E-state index contributed by atoms with van der Waals surface area (Å²) in [5.41, 5.74) is 4.90. The van der Waals surface area contributed by atoms with Crippen molar-refractivity contribution in [2.75, 3.05) is 19.7 Å². The molecule has 0 aromatic heterocycles. The van der Waals surface area contributed by atoms with Crippen molar-refractivity contribution >= 4 is 23.2 Å². The first kappa shape index (κ1) is 18.4. The van der Waals surface area contributed by atoms with E-state index in [0.29, 0.717) is 10.8 Å². The van der Waals surface area contributed by atoms with Gasteiger partial charge < -0.3 is 4.74 Å². The Bertz CT molecular complexity index is 755. The fraction of sp³-hybridized carbons (Fsp3) is 0.300. The molecule has 26 heavy (non-hydrogen) atoms. The summed E-state index contributed by atoms with van der Waals surface area (Å²) in [5, 5.41) is 4.72. The summed E-state index contributed by atoms with van der Waals surface area (Å²) in [7, 11) is 0. The summed E-state index contributed by atoms with van der Waals surface area (Å²) in [6.07, 6.45) is 1.72. The van der Waals surface area contributed by atoms with Crippen LogP contribution in [0.2, 0.25) is 5.02 Å². The van der Waals surface area contributed by atoms with Crippen LogP contribution in [0.4, 0.5) is 0 Å². The highest BCUT2D eigenvalue weighted by molar-refractivity contribution is 6.32. The van der Waals surface area contributed by atoms with Crippen LogP contribution in [-0.4, -0.2) is 36.2 Å². The number of hydrogen-bond donors (Lipinski definition) is 1. The number of likely N-dealkylation sites (tertiary alicyclic amines) is 1. The van der Waals surface area contributed by atoms with Crippen molar-refractivity contribution in [1.29, 1.82) is 0 Å². The van der Waals surface area contributed by atoms with E-state index in [0.717, 1.165) is 38.2 Å². The van der Waals surface area contributed by atoms with E-state index < -0.39 is 0 Å². The number of ether oxygens (including phenoxy) is 1. The van der Waals surface area contributed by atoms with E-state index in [2.05, 4.69) is 39.7 Å². The van der Waals surface area contributed by atoms with E-state index in [1.54, 1.807) is 12.1 Å². The average Bonchev–Trinajstić information content (AvgIpc) is 2.68. The molecule has 5 nitrogen and oxygen atoms in total. The van der Waals surface area contributed by atoms with Crippen molar-refractivity contribution in [3.8, 4) is 5.75 Å². The Hall–Kier alpha value is -2.37. The Labute approximate surface area is 158 Å². The molecule has 0 bridgehead atoms. The maximum absolute atomic E-state index is 11.9. The molecule has 1 saturated heterocycles. The molecule has 1 aliphatic heterocycles. The van der Waals surface area contributed by atoms with Crippen LogP contribution in [0.1, 0.15) is 18.4 Å². The van der Waals surface area contributed by atoms with Gasteiger partial charge in [0, 0.05) is 38.2 Å². The zero-order chi connectivity index (χ0) is 18.2. The number of carbonyl (C=O) groups is 1. The van der Waals surface area contributed by atoms with Crippen LogP contribution in [0.5, 0.6) is 5.75 Å². The summed E-state index contributed by atoms with van der Waals surface area (Å²) in [6, 6.07) is 17.5. The fourth-order valence-corrected chi connectivity index (χ4v) is 2.99. The number of nitrogens with zero attached hydrogens (tertiary/aromatic N) is 2. The summed E-state index contributed by atoms with van der Waals surface area (Å²) >= 11 is 5.99. The Morgan fingerprint density at radius 3 is 2.50 bits per heavy atom. The van der Waals surface area contributed by atoms with E-state index in [1.165, 1.54) is 5.56 Å². The molecular formula is C20H22ClN3O2. The molecule has 1 amide bonds. The highest BCUT2D eigenvalue weighted by atomic mass is 35.5. The normalized spacial score (nSPS) is 14.7. The van der Waals surface area contributed by atoms with Crippen LogP contribution in [-0.2, 0) is 11.3 Å². The second kappa shape index (κ2) is 9.36. The van der Waals surface area contributed by atoms with Crippen LogP contribution in [0.25, 0.3) is 0 Å². The number of hydrogen-bond acceptors (Lipinski definition) is 4. The first-order chi connectivity index (χ1) is 12.7. The van der Waals surface area contributed by atoms with Crippen molar-refractivity contribution < 1.29 is 9.53 Å². The molecule has 0 saturated carbocycles. The number of benzene rings is 2. The van der Waals surface area contributed by atoms with Gasteiger partial charge in [-0.1, -0.05) is 54.1 Å². The van der Waals surface area contributed by atoms with E-state index in [-0.39, 0.29) is 12.5 Å². The van der Waals surface area contributed by atoms with E-state index in [4.69, 9.17) is 16.3 Å². The number of halogens is 1. The molecule has 2 aromatic rings. The van der Waals surface area contributed by atoms with Gasteiger partial charge in [0.25, 0.3) is 5.91 Å². The fourth-order valence-electron chi connectivity index (χ4n) is 2.80. The van der Waals surface area contributed by atoms with Gasteiger partial charge in [0.2, 0.25) is 0 Å². The molecule has 136 valence electrons. The summed E-state index contributed by atoms with van der Waals surface area (Å²) in [5.74, 6) is 0.204. The molecule has 1 aliphatic rings. The van der Waals surface area contributed by atoms with Crippen LogP contribution >= 0.6 is 11.6 Å². The van der Waals surface area contributed by atoms with Gasteiger partial charge in [-0.3, -0.25) is 9.69 Å². The van der Waals surface area contributed by atoms with Gasteiger partial charge in [-0.25, -0.2) is 5.43 Å². The van der Waals surface area contributed by atoms with E-state index in [9.17, 15) is 4.79 Å². The quantitative estimate of drug-likeness (QED) is 0.791. The molecule has 1 N–H and O–H groups in total. The molecule has 0 aliphatic carbocycles. The number of piperidine rings is 1. The lowest BCUT2D eigenvalue weighted by Crippen LogP contribution is -2.35. The Balaban J connectivity index is 1.39.